The van der Waals surface area contributed by atoms with Crippen molar-refractivity contribution < 1.29 is 4.74 Å². The predicted molar refractivity (Wildman–Crippen MR) is 99.8 cm³/mol. The largest absolute Gasteiger partial charge is 0.439 e. The quantitative estimate of drug-likeness (QED) is 0.753. The zero-order chi connectivity index (χ0) is 18.0. The number of aromatic nitrogens is 1. The van der Waals surface area contributed by atoms with Gasteiger partial charge in [0.15, 0.2) is 0 Å². The molecule has 126 valence electrons. The maximum atomic E-state index is 9.47. The van der Waals surface area contributed by atoms with E-state index in [4.69, 9.17) is 10.5 Å². The van der Waals surface area contributed by atoms with Crippen LogP contribution in [0.15, 0.2) is 48.5 Å². The Hall–Kier alpha value is -3.19. The lowest BCUT2D eigenvalue weighted by Crippen LogP contribution is -2.06. The van der Waals surface area contributed by atoms with Gasteiger partial charge in [0.2, 0.25) is 5.88 Å². The van der Waals surface area contributed by atoms with Crippen LogP contribution < -0.4 is 10.5 Å². The van der Waals surface area contributed by atoms with E-state index in [9.17, 15) is 5.26 Å². The van der Waals surface area contributed by atoms with Gasteiger partial charge in [0.25, 0.3) is 0 Å². The number of hydrogen-bond donors (Lipinski definition) is 1. The summed E-state index contributed by atoms with van der Waals surface area (Å²) >= 11 is 0. The first-order valence-corrected chi connectivity index (χ1v) is 8.18. The first kappa shape index (κ1) is 16.7. The van der Waals surface area contributed by atoms with Crippen molar-refractivity contribution in [2.75, 3.05) is 5.73 Å². The van der Waals surface area contributed by atoms with E-state index >= 15 is 0 Å². The van der Waals surface area contributed by atoms with Crippen molar-refractivity contribution in [2.45, 2.75) is 27.3 Å². The molecule has 0 radical (unpaired) electrons. The Balaban J connectivity index is 2.01. The van der Waals surface area contributed by atoms with Crippen LogP contribution in [-0.2, 0) is 6.54 Å². The van der Waals surface area contributed by atoms with Gasteiger partial charge in [-0.2, -0.15) is 5.26 Å². The highest BCUT2D eigenvalue weighted by Gasteiger charge is 2.16. The molecule has 0 spiro atoms. The lowest BCUT2D eigenvalue weighted by Gasteiger charge is -2.14. The number of aryl methyl sites for hydroxylation is 3. The molecule has 3 rings (SSSR count). The second-order valence-electron chi connectivity index (χ2n) is 6.26. The fourth-order valence-corrected chi connectivity index (χ4v) is 2.76. The van der Waals surface area contributed by atoms with Gasteiger partial charge < -0.3 is 10.5 Å². The Kier molecular flexibility index (Phi) is 4.49. The third kappa shape index (κ3) is 3.36. The zero-order valence-corrected chi connectivity index (χ0v) is 14.7. The Labute approximate surface area is 148 Å². The van der Waals surface area contributed by atoms with Gasteiger partial charge in [0.05, 0.1) is 12.2 Å². The van der Waals surface area contributed by atoms with E-state index in [-0.39, 0.29) is 0 Å². The summed E-state index contributed by atoms with van der Waals surface area (Å²) in [6, 6.07) is 17.9. The molecule has 0 saturated carbocycles. The van der Waals surface area contributed by atoms with Crippen LogP contribution in [0.25, 0.3) is 0 Å². The lowest BCUT2D eigenvalue weighted by molar-refractivity contribution is 0.437. The molecular weight excluding hydrogens is 310 g/mol. The van der Waals surface area contributed by atoms with Crippen molar-refractivity contribution >= 4 is 5.69 Å². The summed E-state index contributed by atoms with van der Waals surface area (Å²) in [5.74, 6) is 1.21. The van der Waals surface area contributed by atoms with E-state index in [0.717, 1.165) is 16.7 Å². The number of nitrogens with zero attached hydrogens (tertiary/aromatic N) is 2. The maximum Gasteiger partial charge on any atom is 0.224 e. The molecule has 0 unspecified atom stereocenters. The van der Waals surface area contributed by atoms with Crippen molar-refractivity contribution in [3.63, 3.8) is 0 Å². The molecule has 0 aliphatic rings. The van der Waals surface area contributed by atoms with Gasteiger partial charge in [0.1, 0.15) is 17.5 Å². The number of rotatable bonds is 4. The molecule has 0 saturated heterocycles. The molecule has 0 amide bonds. The van der Waals surface area contributed by atoms with Crippen LogP contribution in [0, 0.1) is 32.1 Å². The fourth-order valence-electron chi connectivity index (χ4n) is 2.76. The molecule has 2 aromatic carbocycles. The van der Waals surface area contributed by atoms with Gasteiger partial charge in [-0.15, -0.1) is 0 Å². The van der Waals surface area contributed by atoms with Crippen LogP contribution in [0.3, 0.4) is 0 Å². The van der Waals surface area contributed by atoms with E-state index in [1.807, 2.05) is 47.9 Å². The summed E-state index contributed by atoms with van der Waals surface area (Å²) in [6.45, 7) is 6.69. The highest BCUT2D eigenvalue weighted by Crippen LogP contribution is 2.33. The molecule has 1 aromatic heterocycles. The second kappa shape index (κ2) is 6.74. The van der Waals surface area contributed by atoms with Crippen LogP contribution in [0.5, 0.6) is 11.6 Å². The molecule has 0 atom stereocenters. The monoisotopic (exact) mass is 331 g/mol. The summed E-state index contributed by atoms with van der Waals surface area (Å²) < 4.78 is 7.88. The molecule has 0 fully saturated rings. The van der Waals surface area contributed by atoms with Gasteiger partial charge in [-0.25, -0.2) is 0 Å². The van der Waals surface area contributed by atoms with Crippen molar-refractivity contribution in [1.29, 1.82) is 5.26 Å². The number of nitriles is 1. The van der Waals surface area contributed by atoms with Crippen LogP contribution in [-0.4, -0.2) is 4.57 Å². The molecule has 0 aliphatic carbocycles. The van der Waals surface area contributed by atoms with Crippen LogP contribution >= 0.6 is 0 Å². The van der Waals surface area contributed by atoms with Gasteiger partial charge in [-0.3, -0.25) is 4.57 Å². The van der Waals surface area contributed by atoms with Crippen molar-refractivity contribution in [3.8, 4) is 17.7 Å². The molecule has 4 nitrogen and oxygen atoms in total. The molecule has 0 aliphatic heterocycles. The highest BCUT2D eigenvalue weighted by molar-refractivity contribution is 5.57. The molecule has 4 heteroatoms. The van der Waals surface area contributed by atoms with Crippen LogP contribution in [0.4, 0.5) is 5.69 Å². The Morgan fingerprint density at radius 1 is 1.00 bits per heavy atom. The highest BCUT2D eigenvalue weighted by atomic mass is 16.5. The molecule has 1 heterocycles. The predicted octanol–water partition coefficient (Wildman–Crippen LogP) is 4.71. The van der Waals surface area contributed by atoms with Gasteiger partial charge in [-0.1, -0.05) is 30.3 Å². The number of hydrogen-bond acceptors (Lipinski definition) is 3. The molecule has 2 N–H and O–H groups in total. The van der Waals surface area contributed by atoms with Crippen LogP contribution in [0.1, 0.15) is 27.9 Å². The average Bonchev–Trinajstić information content (AvgIpc) is 2.89. The third-order valence-electron chi connectivity index (χ3n) is 4.47. The molecule has 25 heavy (non-hydrogen) atoms. The van der Waals surface area contributed by atoms with E-state index in [1.54, 1.807) is 6.07 Å². The molecular formula is C21H21N3O. The Bertz CT molecular complexity index is 964. The number of ether oxygens (including phenoxy) is 1. The fraction of sp³-hybridized carbons (Fsp3) is 0.190. The number of nitrogen functional groups attached to an aromatic ring is 1. The zero-order valence-electron chi connectivity index (χ0n) is 14.7. The van der Waals surface area contributed by atoms with E-state index in [0.29, 0.717) is 29.6 Å². The second-order valence-corrected chi connectivity index (χ2v) is 6.26. The van der Waals surface area contributed by atoms with Crippen molar-refractivity contribution in [2.24, 2.45) is 0 Å². The molecule has 3 aromatic rings. The summed E-state index contributed by atoms with van der Waals surface area (Å²) in [5.41, 5.74) is 11.7. The molecule has 0 bridgehead atoms. The summed E-state index contributed by atoms with van der Waals surface area (Å²) in [7, 11) is 0. The number of anilines is 1. The van der Waals surface area contributed by atoms with E-state index in [1.165, 1.54) is 5.56 Å². The first-order valence-electron chi connectivity index (χ1n) is 8.18. The Morgan fingerprint density at radius 2 is 1.76 bits per heavy atom. The van der Waals surface area contributed by atoms with Crippen molar-refractivity contribution in [1.82, 2.24) is 4.57 Å². The summed E-state index contributed by atoms with van der Waals surface area (Å²) in [6.07, 6.45) is 0. The minimum absolute atomic E-state index is 0.461. The lowest BCUT2D eigenvalue weighted by atomic mass is 10.1. The summed E-state index contributed by atoms with van der Waals surface area (Å²) in [4.78, 5) is 0. The average molecular weight is 331 g/mol. The SMILES string of the molecule is Cc1ccc(Oc2c(N)cc(C#N)n2Cc2ccccc2C)cc1C. The smallest absolute Gasteiger partial charge is 0.224 e. The maximum absolute atomic E-state index is 9.47. The minimum Gasteiger partial charge on any atom is -0.439 e. The van der Waals surface area contributed by atoms with Crippen molar-refractivity contribution in [3.05, 3.63) is 76.5 Å². The third-order valence-corrected chi connectivity index (χ3v) is 4.47. The summed E-state index contributed by atoms with van der Waals surface area (Å²) in [5, 5.41) is 9.47. The van der Waals surface area contributed by atoms with Gasteiger partial charge in [-0.05, 0) is 55.2 Å². The number of nitrogens with two attached hydrogens (primary N) is 1. The van der Waals surface area contributed by atoms with E-state index in [2.05, 4.69) is 26.0 Å². The van der Waals surface area contributed by atoms with Gasteiger partial charge >= 0.3 is 0 Å². The first-order chi connectivity index (χ1) is 12.0. The van der Waals surface area contributed by atoms with Gasteiger partial charge in [0, 0.05) is 6.07 Å². The minimum atomic E-state index is 0.461. The Morgan fingerprint density at radius 3 is 2.44 bits per heavy atom. The topological polar surface area (TPSA) is 64.0 Å². The van der Waals surface area contributed by atoms with E-state index < -0.39 is 0 Å². The number of benzene rings is 2. The van der Waals surface area contributed by atoms with Crippen LogP contribution in [0.2, 0.25) is 0 Å². The normalized spacial score (nSPS) is 10.5. The standard InChI is InChI=1S/C21H21N3O/c1-14-8-9-19(10-16(14)3)25-21-20(23)11-18(12-22)24(21)13-17-7-5-4-6-15(17)2/h4-11H,13,23H2,1-3H3.